The lowest BCUT2D eigenvalue weighted by molar-refractivity contribution is 0.0697. The van der Waals surface area contributed by atoms with Gasteiger partial charge in [0.1, 0.15) is 30.3 Å². The number of ether oxygens (including phenoxy) is 2. The van der Waals surface area contributed by atoms with Gasteiger partial charge in [-0.05, 0) is 88.0 Å². The number of aryl methyl sites for hydroxylation is 1. The molecule has 0 aliphatic carbocycles. The molecule has 1 heterocycles. The van der Waals surface area contributed by atoms with Gasteiger partial charge in [0.05, 0.1) is 5.56 Å². The molecule has 3 N–H and O–H groups in total. The molecule has 218 valence electrons. The number of fused-ring (bicyclic) bond motifs is 1. The number of carboxylic acids is 1. The molecule has 6 nitrogen and oxygen atoms in total. The van der Waals surface area contributed by atoms with Crippen molar-refractivity contribution < 1.29 is 24.5 Å². The van der Waals surface area contributed by atoms with Gasteiger partial charge in [-0.25, -0.2) is 4.79 Å². The standard InChI is InChI=1S/C36H39NO5/c1-36(2,3)28-14-9-24(10-15-28)33-20-26(12-17-32(33)35(39)40)25-13-18-34-27(19-25)11-16-31(42-34)22-37-21-29(38)23-41-30-7-5-4-6-8-30/h4-10,12-15,17-20,29,31,37-38H,11,16,21-23H2,1-3H3,(H,39,40)/t29-,31+/m0/s1. The van der Waals surface area contributed by atoms with E-state index in [4.69, 9.17) is 9.47 Å². The summed E-state index contributed by atoms with van der Waals surface area (Å²) < 4.78 is 11.9. The summed E-state index contributed by atoms with van der Waals surface area (Å²) in [5.74, 6) is 0.669. The molecular formula is C36H39NO5. The number of aliphatic hydroxyl groups is 1. The molecule has 4 aromatic carbocycles. The largest absolute Gasteiger partial charge is 0.491 e. The van der Waals surface area contributed by atoms with Crippen LogP contribution < -0.4 is 14.8 Å². The predicted molar refractivity (Wildman–Crippen MR) is 167 cm³/mol. The molecule has 1 aliphatic heterocycles. The lowest BCUT2D eigenvalue weighted by Crippen LogP contribution is -2.39. The second-order valence-corrected chi connectivity index (χ2v) is 11.9. The molecule has 0 saturated heterocycles. The van der Waals surface area contributed by atoms with Crippen LogP contribution in [0.4, 0.5) is 0 Å². The van der Waals surface area contributed by atoms with E-state index in [0.29, 0.717) is 18.7 Å². The van der Waals surface area contributed by atoms with Crippen LogP contribution in [0.3, 0.4) is 0 Å². The highest BCUT2D eigenvalue weighted by atomic mass is 16.5. The number of aromatic carboxylic acids is 1. The Morgan fingerprint density at radius 2 is 1.64 bits per heavy atom. The normalized spacial score (nSPS) is 15.4. The smallest absolute Gasteiger partial charge is 0.336 e. The maximum absolute atomic E-state index is 12.1. The van der Waals surface area contributed by atoms with Gasteiger partial charge in [-0.15, -0.1) is 0 Å². The summed E-state index contributed by atoms with van der Waals surface area (Å²) >= 11 is 0. The Hall–Kier alpha value is -4.13. The average Bonchev–Trinajstić information content (AvgIpc) is 2.99. The Morgan fingerprint density at radius 3 is 2.36 bits per heavy atom. The van der Waals surface area contributed by atoms with E-state index in [-0.39, 0.29) is 23.7 Å². The first kappa shape index (κ1) is 29.4. The van der Waals surface area contributed by atoms with Crippen molar-refractivity contribution in [2.24, 2.45) is 0 Å². The number of benzene rings is 4. The first-order valence-corrected chi connectivity index (χ1v) is 14.5. The lowest BCUT2D eigenvalue weighted by Gasteiger charge is -2.27. The summed E-state index contributed by atoms with van der Waals surface area (Å²) in [6.45, 7) is 7.78. The number of hydrogen-bond donors (Lipinski definition) is 3. The first-order chi connectivity index (χ1) is 20.2. The molecule has 0 saturated carbocycles. The molecule has 6 heteroatoms. The number of para-hydroxylation sites is 1. The van der Waals surface area contributed by atoms with Crippen molar-refractivity contribution in [2.75, 3.05) is 19.7 Å². The molecule has 42 heavy (non-hydrogen) atoms. The van der Waals surface area contributed by atoms with E-state index in [2.05, 4.69) is 44.3 Å². The van der Waals surface area contributed by atoms with Crippen molar-refractivity contribution in [3.05, 3.63) is 108 Å². The van der Waals surface area contributed by atoms with E-state index in [1.165, 1.54) is 5.56 Å². The minimum atomic E-state index is -0.939. The molecule has 0 amide bonds. The van der Waals surface area contributed by atoms with Crippen molar-refractivity contribution >= 4 is 5.97 Å². The highest BCUT2D eigenvalue weighted by Crippen LogP contribution is 2.35. The molecule has 0 spiro atoms. The van der Waals surface area contributed by atoms with Crippen LogP contribution >= 0.6 is 0 Å². The third-order valence-electron chi connectivity index (χ3n) is 7.67. The predicted octanol–water partition coefficient (Wildman–Crippen LogP) is 6.74. The number of carbonyl (C=O) groups is 1. The molecule has 0 unspecified atom stereocenters. The van der Waals surface area contributed by atoms with Gasteiger partial charge < -0.3 is 25.0 Å². The third-order valence-corrected chi connectivity index (χ3v) is 7.67. The Bertz CT molecular complexity index is 1510. The SMILES string of the molecule is CC(C)(C)c1ccc(-c2cc(-c3ccc4c(c3)CC[C@H](CNC[C@H](O)COc3ccccc3)O4)ccc2C(=O)O)cc1. The van der Waals surface area contributed by atoms with Crippen LogP contribution in [0.2, 0.25) is 0 Å². The number of rotatable bonds is 10. The molecule has 0 bridgehead atoms. The van der Waals surface area contributed by atoms with Crippen molar-refractivity contribution in [1.29, 1.82) is 0 Å². The summed E-state index contributed by atoms with van der Waals surface area (Å²) in [4.78, 5) is 12.1. The van der Waals surface area contributed by atoms with Crippen LogP contribution in [0.25, 0.3) is 22.3 Å². The Balaban J connectivity index is 1.23. The zero-order chi connectivity index (χ0) is 29.7. The zero-order valence-corrected chi connectivity index (χ0v) is 24.5. The topological polar surface area (TPSA) is 88.0 Å². The summed E-state index contributed by atoms with van der Waals surface area (Å²) in [5, 5.41) is 23.4. The molecule has 2 atom stereocenters. The van der Waals surface area contributed by atoms with E-state index in [0.717, 1.165) is 46.6 Å². The molecule has 0 fully saturated rings. The van der Waals surface area contributed by atoms with Gasteiger partial charge in [-0.2, -0.15) is 0 Å². The van der Waals surface area contributed by atoms with Gasteiger partial charge >= 0.3 is 5.97 Å². The van der Waals surface area contributed by atoms with Gasteiger partial charge in [-0.1, -0.05) is 75.4 Å². The Morgan fingerprint density at radius 1 is 0.952 bits per heavy atom. The minimum absolute atomic E-state index is 0.0168. The van der Waals surface area contributed by atoms with Gasteiger partial charge in [-0.3, -0.25) is 0 Å². The first-order valence-electron chi connectivity index (χ1n) is 14.5. The molecular weight excluding hydrogens is 526 g/mol. The average molecular weight is 566 g/mol. The van der Waals surface area contributed by atoms with Crippen LogP contribution in [-0.2, 0) is 11.8 Å². The summed E-state index contributed by atoms with van der Waals surface area (Å²) in [7, 11) is 0. The van der Waals surface area contributed by atoms with Crippen molar-refractivity contribution in [2.45, 2.75) is 51.2 Å². The van der Waals surface area contributed by atoms with Gasteiger partial charge in [0.15, 0.2) is 0 Å². The van der Waals surface area contributed by atoms with Crippen LogP contribution in [0.1, 0.15) is 48.7 Å². The highest BCUT2D eigenvalue weighted by molar-refractivity contribution is 5.97. The maximum atomic E-state index is 12.1. The van der Waals surface area contributed by atoms with Crippen LogP contribution in [0, 0.1) is 0 Å². The van der Waals surface area contributed by atoms with E-state index in [9.17, 15) is 15.0 Å². The number of carboxylic acid groups (broad SMARTS) is 1. The fourth-order valence-corrected chi connectivity index (χ4v) is 5.25. The molecule has 1 aliphatic rings. The maximum Gasteiger partial charge on any atom is 0.336 e. The fraction of sp³-hybridized carbons (Fsp3) is 0.306. The van der Waals surface area contributed by atoms with E-state index >= 15 is 0 Å². The Kier molecular flexibility index (Phi) is 8.95. The second kappa shape index (κ2) is 12.8. The van der Waals surface area contributed by atoms with Crippen LogP contribution in [0.15, 0.2) is 91.0 Å². The quantitative estimate of drug-likeness (QED) is 0.197. The molecule has 0 aromatic heterocycles. The third kappa shape index (κ3) is 7.19. The number of nitrogens with one attached hydrogen (secondary N) is 1. The van der Waals surface area contributed by atoms with Crippen LogP contribution in [-0.4, -0.2) is 48.1 Å². The zero-order valence-electron chi connectivity index (χ0n) is 24.5. The van der Waals surface area contributed by atoms with E-state index < -0.39 is 12.1 Å². The summed E-state index contributed by atoms with van der Waals surface area (Å²) in [6.07, 6.45) is 1.15. The van der Waals surface area contributed by atoms with Crippen molar-refractivity contribution in [1.82, 2.24) is 5.32 Å². The fourth-order valence-electron chi connectivity index (χ4n) is 5.25. The Labute approximate surface area is 248 Å². The number of hydrogen-bond acceptors (Lipinski definition) is 5. The monoisotopic (exact) mass is 565 g/mol. The molecule has 5 rings (SSSR count). The van der Waals surface area contributed by atoms with Gasteiger partial charge in [0.2, 0.25) is 0 Å². The van der Waals surface area contributed by atoms with Crippen molar-refractivity contribution in [3.63, 3.8) is 0 Å². The summed E-state index contributed by atoms with van der Waals surface area (Å²) in [6, 6.07) is 29.4. The highest BCUT2D eigenvalue weighted by Gasteiger charge is 2.21. The minimum Gasteiger partial charge on any atom is -0.491 e. The van der Waals surface area contributed by atoms with Crippen molar-refractivity contribution in [3.8, 4) is 33.8 Å². The van der Waals surface area contributed by atoms with E-state index in [1.54, 1.807) is 6.07 Å². The lowest BCUT2D eigenvalue weighted by atomic mass is 9.85. The van der Waals surface area contributed by atoms with Gasteiger partial charge in [0, 0.05) is 13.1 Å². The van der Waals surface area contributed by atoms with Crippen LogP contribution in [0.5, 0.6) is 11.5 Å². The summed E-state index contributed by atoms with van der Waals surface area (Å²) in [5.41, 5.74) is 6.24. The van der Waals surface area contributed by atoms with E-state index in [1.807, 2.05) is 66.7 Å². The molecule has 4 aromatic rings. The second-order valence-electron chi connectivity index (χ2n) is 11.9. The number of aliphatic hydroxyl groups excluding tert-OH is 1. The molecule has 0 radical (unpaired) electrons. The van der Waals surface area contributed by atoms with Gasteiger partial charge in [0.25, 0.3) is 0 Å².